The topological polar surface area (TPSA) is 109 Å². The van der Waals surface area contributed by atoms with Crippen LogP contribution in [-0.4, -0.2) is 34.3 Å². The molecule has 9 heteroatoms. The van der Waals surface area contributed by atoms with Gasteiger partial charge in [-0.05, 0) is 36.8 Å². The Balaban J connectivity index is 1.32. The number of hydrogen-bond donors (Lipinski definition) is 1. The van der Waals surface area contributed by atoms with Crippen LogP contribution in [0.4, 0.5) is 0 Å². The van der Waals surface area contributed by atoms with Gasteiger partial charge in [-0.15, -0.1) is 0 Å². The van der Waals surface area contributed by atoms with Crippen molar-refractivity contribution in [3.8, 4) is 11.5 Å². The predicted octanol–water partition coefficient (Wildman–Crippen LogP) is 1.37. The number of carbonyl (C=O) groups is 2. The Labute approximate surface area is 171 Å². The van der Waals surface area contributed by atoms with Crippen molar-refractivity contribution < 1.29 is 23.8 Å². The van der Waals surface area contributed by atoms with Gasteiger partial charge in [0, 0.05) is 6.54 Å². The van der Waals surface area contributed by atoms with Crippen LogP contribution < -0.4 is 20.3 Å². The normalized spacial score (nSPS) is 13.1. The highest BCUT2D eigenvalue weighted by Gasteiger charge is 2.19. The van der Waals surface area contributed by atoms with E-state index in [9.17, 15) is 14.4 Å². The molecule has 0 aliphatic carbocycles. The maximum absolute atomic E-state index is 12.4. The van der Waals surface area contributed by atoms with E-state index in [1.807, 2.05) is 6.07 Å². The molecule has 2 heterocycles. The lowest BCUT2D eigenvalue weighted by Gasteiger charge is -2.14. The van der Waals surface area contributed by atoms with Gasteiger partial charge in [-0.25, -0.2) is 4.98 Å². The Morgan fingerprint density at radius 3 is 2.87 bits per heavy atom. The van der Waals surface area contributed by atoms with Crippen molar-refractivity contribution in [1.29, 1.82) is 0 Å². The van der Waals surface area contributed by atoms with Crippen molar-refractivity contribution in [2.75, 3.05) is 6.79 Å². The van der Waals surface area contributed by atoms with Crippen LogP contribution in [0.2, 0.25) is 0 Å². The van der Waals surface area contributed by atoms with Gasteiger partial charge in [0.1, 0.15) is 6.54 Å². The number of ether oxygens (including phenoxy) is 3. The molecule has 2 aromatic carbocycles. The van der Waals surface area contributed by atoms with Crippen molar-refractivity contribution in [1.82, 2.24) is 14.9 Å². The Bertz CT molecular complexity index is 1170. The Hall–Kier alpha value is -3.88. The van der Waals surface area contributed by atoms with E-state index in [0.717, 1.165) is 10.1 Å². The SMILES string of the molecule is C[C@@H](OC(=O)Cn1cnc2ccccc2c1=O)C(=O)NCc1ccc2c(c1)OCO2. The van der Waals surface area contributed by atoms with Gasteiger partial charge >= 0.3 is 5.97 Å². The molecule has 1 aliphatic rings. The number of para-hydroxylation sites is 1. The largest absolute Gasteiger partial charge is 0.454 e. The molecular weight excluding hydrogens is 390 g/mol. The van der Waals surface area contributed by atoms with Crippen LogP contribution in [0.15, 0.2) is 53.6 Å². The summed E-state index contributed by atoms with van der Waals surface area (Å²) in [4.78, 5) is 41.0. The number of rotatable bonds is 6. The summed E-state index contributed by atoms with van der Waals surface area (Å²) in [5.74, 6) is 0.117. The smallest absolute Gasteiger partial charge is 0.326 e. The zero-order valence-electron chi connectivity index (χ0n) is 16.2. The zero-order valence-corrected chi connectivity index (χ0v) is 16.2. The van der Waals surface area contributed by atoms with Crippen LogP contribution in [0.25, 0.3) is 10.9 Å². The molecule has 3 aromatic rings. The number of nitrogens with one attached hydrogen (secondary N) is 1. The number of fused-ring (bicyclic) bond motifs is 2. The number of nitrogens with zero attached hydrogens (tertiary/aromatic N) is 2. The van der Waals surface area contributed by atoms with Crippen LogP contribution in [-0.2, 0) is 27.4 Å². The summed E-state index contributed by atoms with van der Waals surface area (Å²) in [5, 5.41) is 3.11. The standard InChI is InChI=1S/C21H19N3O6/c1-13(20(26)22-9-14-6-7-17-18(8-14)29-12-28-17)30-19(25)10-24-11-23-16-5-3-2-4-15(16)21(24)27/h2-8,11,13H,9-10,12H2,1H3,(H,22,26)/t13-/m1/s1. The lowest BCUT2D eigenvalue weighted by molar-refractivity contribution is -0.155. The summed E-state index contributed by atoms with van der Waals surface area (Å²) in [5.41, 5.74) is 1.01. The molecule has 154 valence electrons. The molecule has 0 unspecified atom stereocenters. The molecule has 0 spiro atoms. The number of carbonyl (C=O) groups excluding carboxylic acids is 2. The molecule has 1 aromatic heterocycles. The lowest BCUT2D eigenvalue weighted by Crippen LogP contribution is -2.36. The lowest BCUT2D eigenvalue weighted by atomic mass is 10.2. The molecule has 1 atom stereocenters. The summed E-state index contributed by atoms with van der Waals surface area (Å²) in [6, 6.07) is 12.2. The first kappa shape index (κ1) is 19.4. The van der Waals surface area contributed by atoms with E-state index in [1.165, 1.54) is 13.3 Å². The molecule has 0 bridgehead atoms. The molecule has 0 fully saturated rings. The van der Waals surface area contributed by atoms with E-state index in [4.69, 9.17) is 14.2 Å². The van der Waals surface area contributed by atoms with Crippen molar-refractivity contribution in [2.24, 2.45) is 0 Å². The second-order valence-electron chi connectivity index (χ2n) is 6.73. The van der Waals surface area contributed by atoms with Crippen molar-refractivity contribution >= 4 is 22.8 Å². The van der Waals surface area contributed by atoms with Gasteiger partial charge in [-0.3, -0.25) is 19.0 Å². The quantitative estimate of drug-likeness (QED) is 0.613. The average Bonchev–Trinajstić information content (AvgIpc) is 3.22. The number of esters is 1. The maximum Gasteiger partial charge on any atom is 0.326 e. The van der Waals surface area contributed by atoms with Crippen LogP contribution in [0.1, 0.15) is 12.5 Å². The molecule has 0 radical (unpaired) electrons. The number of aromatic nitrogens is 2. The number of hydrogen-bond acceptors (Lipinski definition) is 7. The van der Waals surface area contributed by atoms with Crippen LogP contribution in [0.5, 0.6) is 11.5 Å². The molecule has 0 saturated heterocycles. The van der Waals surface area contributed by atoms with Crippen molar-refractivity contribution in [3.63, 3.8) is 0 Å². The third-order valence-electron chi connectivity index (χ3n) is 4.61. The average molecular weight is 409 g/mol. The fourth-order valence-corrected chi connectivity index (χ4v) is 3.03. The second-order valence-corrected chi connectivity index (χ2v) is 6.73. The van der Waals surface area contributed by atoms with Gasteiger partial charge in [-0.2, -0.15) is 0 Å². The molecule has 4 rings (SSSR count). The van der Waals surface area contributed by atoms with Gasteiger partial charge in [0.05, 0.1) is 17.2 Å². The molecule has 1 N–H and O–H groups in total. The highest BCUT2D eigenvalue weighted by atomic mass is 16.7. The Kier molecular flexibility index (Phi) is 5.34. The first-order valence-electron chi connectivity index (χ1n) is 9.31. The highest BCUT2D eigenvalue weighted by molar-refractivity contribution is 5.83. The fourth-order valence-electron chi connectivity index (χ4n) is 3.03. The van der Waals surface area contributed by atoms with Crippen molar-refractivity contribution in [3.05, 3.63) is 64.7 Å². The molecule has 30 heavy (non-hydrogen) atoms. The summed E-state index contributed by atoms with van der Waals surface area (Å²) >= 11 is 0. The summed E-state index contributed by atoms with van der Waals surface area (Å²) in [6.07, 6.45) is 0.270. The molecule has 9 nitrogen and oxygen atoms in total. The molecular formula is C21H19N3O6. The maximum atomic E-state index is 12.4. The summed E-state index contributed by atoms with van der Waals surface area (Å²) in [7, 11) is 0. The van der Waals surface area contributed by atoms with E-state index in [-0.39, 0.29) is 25.4 Å². The zero-order chi connectivity index (χ0) is 21.1. The van der Waals surface area contributed by atoms with Crippen LogP contribution in [0, 0.1) is 0 Å². The second kappa shape index (κ2) is 8.24. The first-order valence-corrected chi connectivity index (χ1v) is 9.31. The van der Waals surface area contributed by atoms with E-state index >= 15 is 0 Å². The van der Waals surface area contributed by atoms with Gasteiger partial charge < -0.3 is 19.5 Å². The summed E-state index contributed by atoms with van der Waals surface area (Å²) < 4.78 is 16.9. The van der Waals surface area contributed by atoms with Gasteiger partial charge in [0.2, 0.25) is 6.79 Å². The summed E-state index contributed by atoms with van der Waals surface area (Å²) in [6.45, 7) is 1.55. The Morgan fingerprint density at radius 2 is 2.00 bits per heavy atom. The minimum atomic E-state index is -1.02. The van der Waals surface area contributed by atoms with Gasteiger partial charge in [-0.1, -0.05) is 18.2 Å². The molecule has 1 aliphatic heterocycles. The van der Waals surface area contributed by atoms with Crippen LogP contribution >= 0.6 is 0 Å². The molecule has 0 saturated carbocycles. The van der Waals surface area contributed by atoms with Crippen molar-refractivity contribution in [2.45, 2.75) is 26.1 Å². The predicted molar refractivity (Wildman–Crippen MR) is 106 cm³/mol. The van der Waals surface area contributed by atoms with Gasteiger partial charge in [0.15, 0.2) is 17.6 Å². The Morgan fingerprint density at radius 1 is 1.20 bits per heavy atom. The van der Waals surface area contributed by atoms with Gasteiger partial charge in [0.25, 0.3) is 11.5 Å². The third-order valence-corrected chi connectivity index (χ3v) is 4.61. The minimum absolute atomic E-state index is 0.175. The number of benzene rings is 2. The monoisotopic (exact) mass is 409 g/mol. The minimum Gasteiger partial charge on any atom is -0.454 e. The van der Waals surface area contributed by atoms with E-state index < -0.39 is 18.0 Å². The highest BCUT2D eigenvalue weighted by Crippen LogP contribution is 2.32. The van der Waals surface area contributed by atoms with E-state index in [0.29, 0.717) is 22.4 Å². The third kappa shape index (κ3) is 4.09. The molecule has 1 amide bonds. The van der Waals surface area contributed by atoms with Crippen LogP contribution in [0.3, 0.4) is 0 Å². The fraction of sp³-hybridized carbons (Fsp3) is 0.238. The van der Waals surface area contributed by atoms with E-state index in [2.05, 4.69) is 10.3 Å². The van der Waals surface area contributed by atoms with E-state index in [1.54, 1.807) is 36.4 Å². The number of amides is 1. The first-order chi connectivity index (χ1) is 14.5.